The lowest BCUT2D eigenvalue weighted by Gasteiger charge is -2.45. The molecule has 0 amide bonds. The summed E-state index contributed by atoms with van der Waals surface area (Å²) in [7, 11) is 0. The molecule has 6 rings (SSSR count). The zero-order valence-electron chi connectivity index (χ0n) is 18.8. The fourth-order valence-electron chi connectivity index (χ4n) is 7.20. The van der Waals surface area contributed by atoms with Gasteiger partial charge in [0.2, 0.25) is 0 Å². The minimum atomic E-state index is -0.274. The molecule has 0 aromatic carbocycles. The van der Waals surface area contributed by atoms with Crippen molar-refractivity contribution in [1.29, 1.82) is 0 Å². The van der Waals surface area contributed by atoms with Gasteiger partial charge in [0.15, 0.2) is 5.78 Å². The van der Waals surface area contributed by atoms with Crippen molar-refractivity contribution in [1.82, 2.24) is 9.47 Å². The summed E-state index contributed by atoms with van der Waals surface area (Å²) in [6.07, 6.45) is 6.41. The second-order valence-corrected chi connectivity index (χ2v) is 10.7. The van der Waals surface area contributed by atoms with E-state index in [9.17, 15) is 14.4 Å². The molecule has 6 nitrogen and oxygen atoms in total. The second-order valence-electron chi connectivity index (χ2n) is 10.7. The van der Waals surface area contributed by atoms with Gasteiger partial charge in [-0.05, 0) is 49.8 Å². The predicted molar refractivity (Wildman–Crippen MR) is 119 cm³/mol. The van der Waals surface area contributed by atoms with E-state index in [0.717, 1.165) is 55.7 Å². The largest absolute Gasteiger partial charge is 0.457 e. The number of carbonyl (C=O) groups excluding carboxylic acids is 2. The summed E-state index contributed by atoms with van der Waals surface area (Å²) in [6, 6.07) is 5.59. The first-order valence-corrected chi connectivity index (χ1v) is 11.9. The molecule has 168 valence electrons. The summed E-state index contributed by atoms with van der Waals surface area (Å²) in [5, 5.41) is 0. The molecule has 0 radical (unpaired) electrons. The summed E-state index contributed by atoms with van der Waals surface area (Å²) in [5.74, 6) is 0.689. The lowest BCUT2D eigenvalue weighted by atomic mass is 9.61. The Morgan fingerprint density at radius 3 is 2.84 bits per heavy atom. The van der Waals surface area contributed by atoms with E-state index < -0.39 is 0 Å². The number of carbonyl (C=O) groups is 2. The van der Waals surface area contributed by atoms with E-state index in [1.54, 1.807) is 12.1 Å². The number of piperidine rings is 1. The number of aromatic nitrogens is 1. The number of allylic oxidation sites excluding steroid dienone is 3. The van der Waals surface area contributed by atoms with Gasteiger partial charge in [0, 0.05) is 60.8 Å². The monoisotopic (exact) mass is 434 g/mol. The fourth-order valence-corrected chi connectivity index (χ4v) is 7.20. The van der Waals surface area contributed by atoms with Crippen LogP contribution in [0.25, 0.3) is 0 Å². The SMILES string of the molecule is CC1=C2[C@H]3OC(=O)C(CN4CC5C[C@H](C4)Cn4c5cccc4=O)[C@@H]3CC[C@@]2(C)C=CC1=O. The second kappa shape index (κ2) is 7.01. The Hall–Kier alpha value is -2.47. The van der Waals surface area contributed by atoms with Gasteiger partial charge >= 0.3 is 5.97 Å². The zero-order valence-corrected chi connectivity index (χ0v) is 18.8. The lowest BCUT2D eigenvalue weighted by Crippen LogP contribution is -2.49. The average Bonchev–Trinajstić information content (AvgIpc) is 3.06. The van der Waals surface area contributed by atoms with Crippen molar-refractivity contribution in [2.75, 3.05) is 19.6 Å². The minimum absolute atomic E-state index is 0.0374. The van der Waals surface area contributed by atoms with Crippen molar-refractivity contribution < 1.29 is 14.3 Å². The molecule has 2 bridgehead atoms. The van der Waals surface area contributed by atoms with Crippen LogP contribution in [0.15, 0.2) is 46.3 Å². The zero-order chi connectivity index (χ0) is 22.2. The highest BCUT2D eigenvalue weighted by Crippen LogP contribution is 2.53. The van der Waals surface area contributed by atoms with Gasteiger partial charge in [-0.25, -0.2) is 0 Å². The number of hydrogen-bond donors (Lipinski definition) is 0. The van der Waals surface area contributed by atoms with Gasteiger partial charge in [-0.15, -0.1) is 0 Å². The number of pyridine rings is 1. The topological polar surface area (TPSA) is 68.6 Å². The third-order valence-corrected chi connectivity index (χ3v) is 8.73. The summed E-state index contributed by atoms with van der Waals surface area (Å²) in [6.45, 7) is 7.31. The Morgan fingerprint density at radius 2 is 2.00 bits per heavy atom. The average molecular weight is 435 g/mol. The van der Waals surface area contributed by atoms with Gasteiger partial charge < -0.3 is 14.2 Å². The smallest absolute Gasteiger partial charge is 0.311 e. The van der Waals surface area contributed by atoms with Gasteiger partial charge in [-0.1, -0.05) is 19.1 Å². The first-order valence-electron chi connectivity index (χ1n) is 11.9. The van der Waals surface area contributed by atoms with Crippen LogP contribution in [-0.2, 0) is 20.9 Å². The standard InChI is InChI=1S/C26H30N2O4/c1-15-21(29)7-9-26(2)8-6-18-19(25(31)32-24(18)23(15)26)14-27-11-16-10-17(13-27)20-4-3-5-22(30)28(20)12-16/h3-5,7,9,16-19,24H,6,8,10-14H2,1-2H3/t16-,17?,18+,19?,24+,26+/m1/s1. The molecule has 3 aliphatic heterocycles. The van der Waals surface area contributed by atoms with Crippen LogP contribution in [0, 0.1) is 23.2 Å². The van der Waals surface area contributed by atoms with Crippen LogP contribution in [0.2, 0.25) is 0 Å². The Balaban J connectivity index is 1.24. The third kappa shape index (κ3) is 2.92. The van der Waals surface area contributed by atoms with E-state index in [1.807, 2.05) is 23.6 Å². The third-order valence-electron chi connectivity index (χ3n) is 8.73. The normalized spacial score (nSPS) is 38.2. The van der Waals surface area contributed by atoms with Crippen LogP contribution >= 0.6 is 0 Å². The molecule has 0 spiro atoms. The van der Waals surface area contributed by atoms with Crippen LogP contribution in [0.5, 0.6) is 0 Å². The van der Waals surface area contributed by atoms with Crippen molar-refractivity contribution in [2.45, 2.75) is 51.7 Å². The number of likely N-dealkylation sites (tertiary alicyclic amines) is 1. The van der Waals surface area contributed by atoms with Gasteiger partial charge in [0.05, 0.1) is 5.92 Å². The Bertz CT molecular complexity index is 1130. The highest BCUT2D eigenvalue weighted by Gasteiger charge is 2.54. The molecule has 6 atom stereocenters. The molecular formula is C26H30N2O4. The summed E-state index contributed by atoms with van der Waals surface area (Å²) in [5.41, 5.74) is 2.83. The van der Waals surface area contributed by atoms with E-state index in [-0.39, 0.29) is 40.7 Å². The van der Waals surface area contributed by atoms with Crippen molar-refractivity contribution in [3.05, 3.63) is 57.5 Å². The first-order chi connectivity index (χ1) is 15.3. The van der Waals surface area contributed by atoms with Gasteiger partial charge in [0.1, 0.15) is 6.10 Å². The lowest BCUT2D eigenvalue weighted by molar-refractivity contribution is -0.144. The molecule has 2 aliphatic carbocycles. The maximum absolute atomic E-state index is 13.1. The molecule has 1 aromatic heterocycles. The van der Waals surface area contributed by atoms with E-state index in [4.69, 9.17) is 4.74 Å². The molecule has 5 aliphatic rings. The fraction of sp³-hybridized carbons (Fsp3) is 0.577. The van der Waals surface area contributed by atoms with Gasteiger partial charge in [-0.2, -0.15) is 0 Å². The molecule has 2 unspecified atom stereocenters. The molecule has 2 saturated heterocycles. The summed E-state index contributed by atoms with van der Waals surface area (Å²) >= 11 is 0. The summed E-state index contributed by atoms with van der Waals surface area (Å²) < 4.78 is 7.93. The van der Waals surface area contributed by atoms with E-state index >= 15 is 0 Å². The van der Waals surface area contributed by atoms with Crippen LogP contribution in [-0.4, -0.2) is 47.0 Å². The van der Waals surface area contributed by atoms with E-state index in [1.165, 1.54) is 0 Å². The van der Waals surface area contributed by atoms with E-state index in [0.29, 0.717) is 18.4 Å². The number of esters is 1. The number of rotatable bonds is 2. The van der Waals surface area contributed by atoms with Crippen LogP contribution < -0.4 is 5.56 Å². The number of nitrogens with zero attached hydrogens (tertiary/aromatic N) is 2. The predicted octanol–water partition coefficient (Wildman–Crippen LogP) is 2.68. The highest BCUT2D eigenvalue weighted by atomic mass is 16.6. The number of fused-ring (bicyclic) bond motifs is 7. The molecule has 0 N–H and O–H groups in total. The maximum atomic E-state index is 13.1. The maximum Gasteiger partial charge on any atom is 0.311 e. The van der Waals surface area contributed by atoms with Crippen LogP contribution in [0.3, 0.4) is 0 Å². The highest BCUT2D eigenvalue weighted by molar-refractivity contribution is 6.05. The molecule has 1 saturated carbocycles. The van der Waals surface area contributed by atoms with E-state index in [2.05, 4.69) is 17.9 Å². The molecule has 32 heavy (non-hydrogen) atoms. The first kappa shape index (κ1) is 20.2. The van der Waals surface area contributed by atoms with Crippen molar-refractivity contribution in [2.24, 2.45) is 23.2 Å². The van der Waals surface area contributed by atoms with Crippen LogP contribution in [0.4, 0.5) is 0 Å². The molecule has 4 heterocycles. The molecule has 3 fully saturated rings. The quantitative estimate of drug-likeness (QED) is 0.670. The number of ketones is 1. The van der Waals surface area contributed by atoms with Crippen molar-refractivity contribution >= 4 is 11.8 Å². The van der Waals surface area contributed by atoms with Crippen LogP contribution in [0.1, 0.15) is 44.7 Å². The Kier molecular flexibility index (Phi) is 4.42. The Labute approximate surface area is 187 Å². The minimum Gasteiger partial charge on any atom is -0.457 e. The molecular weight excluding hydrogens is 404 g/mol. The van der Waals surface area contributed by atoms with Gasteiger partial charge in [-0.3, -0.25) is 14.4 Å². The number of hydrogen-bond acceptors (Lipinski definition) is 5. The summed E-state index contributed by atoms with van der Waals surface area (Å²) in [4.78, 5) is 40.2. The Morgan fingerprint density at radius 1 is 1.16 bits per heavy atom. The van der Waals surface area contributed by atoms with Gasteiger partial charge in [0.25, 0.3) is 5.56 Å². The molecule has 1 aromatic rings. The number of ether oxygens (including phenoxy) is 1. The van der Waals surface area contributed by atoms with Crippen molar-refractivity contribution in [3.8, 4) is 0 Å². The molecule has 6 heteroatoms. The van der Waals surface area contributed by atoms with Crippen molar-refractivity contribution in [3.63, 3.8) is 0 Å².